The van der Waals surface area contributed by atoms with Gasteiger partial charge in [0.2, 0.25) is 0 Å². The van der Waals surface area contributed by atoms with Gasteiger partial charge in [0, 0.05) is 11.5 Å². The van der Waals surface area contributed by atoms with Crippen molar-refractivity contribution in [2.75, 3.05) is 19.6 Å². The fourth-order valence-corrected chi connectivity index (χ4v) is 4.84. The van der Waals surface area contributed by atoms with Crippen molar-refractivity contribution in [2.45, 2.75) is 70.2 Å². The largest absolute Gasteiger partial charge is 0.487 e. The summed E-state index contributed by atoms with van der Waals surface area (Å²) < 4.78 is 13.0. The quantitative estimate of drug-likeness (QED) is 0.783. The highest BCUT2D eigenvalue weighted by Gasteiger charge is 2.49. The molecule has 0 amide bonds. The van der Waals surface area contributed by atoms with Crippen molar-refractivity contribution >= 4 is 0 Å². The molecule has 2 fully saturated rings. The Balaban J connectivity index is 1.52. The molecule has 3 atom stereocenters. The second-order valence-electron chi connectivity index (χ2n) is 8.95. The molecule has 0 aromatic heterocycles. The number of para-hydroxylation sites is 1. The van der Waals surface area contributed by atoms with Crippen molar-refractivity contribution in [3.05, 3.63) is 29.8 Å². The van der Waals surface area contributed by atoms with Crippen LogP contribution >= 0.6 is 0 Å². The lowest BCUT2D eigenvalue weighted by Crippen LogP contribution is -3.12. The minimum atomic E-state index is -0.350. The molecular weight excluding hydrogens is 322 g/mol. The molecule has 3 aliphatic rings. The van der Waals surface area contributed by atoms with Crippen molar-refractivity contribution in [2.24, 2.45) is 5.92 Å². The summed E-state index contributed by atoms with van der Waals surface area (Å²) >= 11 is 0. The molecule has 2 saturated heterocycles. The van der Waals surface area contributed by atoms with Crippen LogP contribution in [-0.4, -0.2) is 30.8 Å². The molecular formula is C23H32NO2+. The van der Waals surface area contributed by atoms with Crippen LogP contribution in [0.25, 0.3) is 0 Å². The van der Waals surface area contributed by atoms with Crippen molar-refractivity contribution in [1.82, 2.24) is 0 Å². The molecule has 1 aromatic carbocycles. The third kappa shape index (κ3) is 3.50. The molecule has 1 aromatic rings. The van der Waals surface area contributed by atoms with Gasteiger partial charge in [0.1, 0.15) is 23.5 Å². The molecule has 0 spiro atoms. The predicted octanol–water partition coefficient (Wildman–Crippen LogP) is 3.16. The highest BCUT2D eigenvalue weighted by Crippen LogP contribution is 2.52. The van der Waals surface area contributed by atoms with Gasteiger partial charge >= 0.3 is 0 Å². The Morgan fingerprint density at radius 3 is 2.69 bits per heavy atom. The molecule has 0 unspecified atom stereocenters. The fourth-order valence-electron chi connectivity index (χ4n) is 4.84. The zero-order valence-corrected chi connectivity index (χ0v) is 16.4. The number of ether oxygens (including phenoxy) is 2. The first-order chi connectivity index (χ1) is 12.5. The number of likely N-dealkylation sites (tertiary alicyclic amines) is 1. The Morgan fingerprint density at radius 1 is 1.12 bits per heavy atom. The van der Waals surface area contributed by atoms with Crippen molar-refractivity contribution in [3.8, 4) is 17.6 Å². The summed E-state index contributed by atoms with van der Waals surface area (Å²) in [5.74, 6) is 8.31. The predicted molar refractivity (Wildman–Crippen MR) is 103 cm³/mol. The normalized spacial score (nSPS) is 33.2. The van der Waals surface area contributed by atoms with E-state index in [-0.39, 0.29) is 17.3 Å². The van der Waals surface area contributed by atoms with Gasteiger partial charge in [0.05, 0.1) is 19.2 Å². The van der Waals surface area contributed by atoms with E-state index in [1.165, 1.54) is 37.9 Å². The number of hydrogen-bond acceptors (Lipinski definition) is 2. The van der Waals surface area contributed by atoms with Gasteiger partial charge < -0.3 is 14.4 Å². The maximum Gasteiger partial charge on any atom is 0.139 e. The first kappa shape index (κ1) is 17.9. The summed E-state index contributed by atoms with van der Waals surface area (Å²) in [6, 6.07) is 8.34. The zero-order chi connectivity index (χ0) is 18.2. The van der Waals surface area contributed by atoms with Crippen molar-refractivity contribution in [1.29, 1.82) is 0 Å². The number of rotatable bonds is 1. The molecule has 26 heavy (non-hydrogen) atoms. The van der Waals surface area contributed by atoms with E-state index < -0.39 is 0 Å². The van der Waals surface area contributed by atoms with E-state index in [0.717, 1.165) is 25.1 Å². The Hall–Kier alpha value is -1.50. The monoisotopic (exact) mass is 354 g/mol. The molecule has 0 aliphatic carbocycles. The van der Waals surface area contributed by atoms with Crippen LogP contribution in [0, 0.1) is 17.8 Å². The van der Waals surface area contributed by atoms with Gasteiger partial charge in [-0.15, -0.1) is 0 Å². The third-order valence-corrected chi connectivity index (χ3v) is 6.43. The zero-order valence-electron chi connectivity index (χ0n) is 16.4. The number of benzene rings is 1. The molecule has 3 aliphatic heterocycles. The third-order valence-electron chi connectivity index (χ3n) is 6.43. The van der Waals surface area contributed by atoms with Crippen LogP contribution < -0.4 is 9.64 Å². The van der Waals surface area contributed by atoms with Gasteiger partial charge in [0.25, 0.3) is 0 Å². The molecule has 0 saturated carbocycles. The van der Waals surface area contributed by atoms with Gasteiger partial charge in [0.15, 0.2) is 0 Å². The average Bonchev–Trinajstić information content (AvgIpc) is 2.62. The van der Waals surface area contributed by atoms with E-state index >= 15 is 0 Å². The number of piperidine rings is 1. The van der Waals surface area contributed by atoms with Gasteiger partial charge in [-0.05, 0) is 64.9 Å². The van der Waals surface area contributed by atoms with Crippen LogP contribution in [0.15, 0.2) is 24.3 Å². The second-order valence-corrected chi connectivity index (χ2v) is 8.95. The summed E-state index contributed by atoms with van der Waals surface area (Å²) in [7, 11) is 0. The van der Waals surface area contributed by atoms with Crippen molar-refractivity contribution < 1.29 is 14.4 Å². The lowest BCUT2D eigenvalue weighted by Gasteiger charge is -2.50. The number of fused-ring (bicyclic) bond motifs is 3. The first-order valence-electron chi connectivity index (χ1n) is 10.3. The van der Waals surface area contributed by atoms with E-state index in [9.17, 15) is 0 Å². The second kappa shape index (κ2) is 6.91. The van der Waals surface area contributed by atoms with Crippen LogP contribution in [-0.2, 0) is 4.74 Å². The standard InChI is InChI=1S/C23H31NO2/c1-22(2)19-12-14-23(3,13-9-17-24-15-7-4-8-16-24)26-21(19)18-10-5-6-11-20(18)25-22/h5-6,10-11,19,21H,4,7-8,12,14-17H2,1-3H3/p+1/t19-,21-,23+/m1/s1. The Labute approximate surface area is 158 Å². The van der Waals surface area contributed by atoms with Gasteiger partial charge in [-0.25, -0.2) is 0 Å². The molecule has 0 bridgehead atoms. The van der Waals surface area contributed by atoms with Crippen LogP contribution in [0.1, 0.15) is 64.5 Å². The molecule has 140 valence electrons. The summed E-state index contributed by atoms with van der Waals surface area (Å²) in [5, 5.41) is 0. The topological polar surface area (TPSA) is 22.9 Å². The smallest absolute Gasteiger partial charge is 0.139 e. The summed E-state index contributed by atoms with van der Waals surface area (Å²) in [5.41, 5.74) is 0.633. The molecule has 4 rings (SSSR count). The van der Waals surface area contributed by atoms with Crippen molar-refractivity contribution in [3.63, 3.8) is 0 Å². The first-order valence-corrected chi connectivity index (χ1v) is 10.3. The van der Waals surface area contributed by atoms with Gasteiger partial charge in [-0.2, -0.15) is 0 Å². The van der Waals surface area contributed by atoms with Crippen LogP contribution in [0.4, 0.5) is 0 Å². The Kier molecular flexibility index (Phi) is 4.75. The number of quaternary nitrogens is 1. The van der Waals surface area contributed by atoms with E-state index in [2.05, 4.69) is 50.8 Å². The fraction of sp³-hybridized carbons (Fsp3) is 0.652. The van der Waals surface area contributed by atoms with Crippen LogP contribution in [0.3, 0.4) is 0 Å². The van der Waals surface area contributed by atoms with E-state index in [0.29, 0.717) is 5.92 Å². The van der Waals surface area contributed by atoms with Crippen LogP contribution in [0.2, 0.25) is 0 Å². The maximum absolute atomic E-state index is 6.67. The highest BCUT2D eigenvalue weighted by atomic mass is 16.5. The van der Waals surface area contributed by atoms with E-state index in [1.807, 2.05) is 6.07 Å². The average molecular weight is 355 g/mol. The number of nitrogens with one attached hydrogen (secondary N) is 1. The number of hydrogen-bond donors (Lipinski definition) is 1. The van der Waals surface area contributed by atoms with Crippen LogP contribution in [0.5, 0.6) is 5.75 Å². The summed E-state index contributed by atoms with van der Waals surface area (Å²) in [4.78, 5) is 1.64. The Morgan fingerprint density at radius 2 is 1.88 bits per heavy atom. The molecule has 3 nitrogen and oxygen atoms in total. The minimum Gasteiger partial charge on any atom is -0.487 e. The lowest BCUT2D eigenvalue weighted by atomic mass is 9.73. The molecule has 0 radical (unpaired) electrons. The highest BCUT2D eigenvalue weighted by molar-refractivity contribution is 5.39. The van der Waals surface area contributed by atoms with Gasteiger partial charge in [-0.3, -0.25) is 0 Å². The van der Waals surface area contributed by atoms with E-state index in [4.69, 9.17) is 9.47 Å². The lowest BCUT2D eigenvalue weighted by molar-refractivity contribution is -0.897. The maximum atomic E-state index is 6.67. The summed E-state index contributed by atoms with van der Waals surface area (Å²) in [6.45, 7) is 10.1. The van der Waals surface area contributed by atoms with E-state index in [1.54, 1.807) is 4.90 Å². The molecule has 1 N–H and O–H groups in total. The SMILES string of the molecule is CC1(C)Oc2ccccc2[C@H]2O[C@@](C)(C#CC[NH+]3CCCCC3)CC[C@H]21. The Bertz CT molecular complexity index is 710. The molecule has 3 heteroatoms. The van der Waals surface area contributed by atoms with Gasteiger partial charge in [-0.1, -0.05) is 24.1 Å². The summed E-state index contributed by atoms with van der Waals surface area (Å²) in [6.07, 6.45) is 6.23. The molecule has 3 heterocycles. The minimum absolute atomic E-state index is 0.0744.